The van der Waals surface area contributed by atoms with E-state index in [9.17, 15) is 4.79 Å². The van der Waals surface area contributed by atoms with Gasteiger partial charge in [0.2, 0.25) is 0 Å². The number of nitrogens with zero attached hydrogens (tertiary/aromatic N) is 3. The maximum absolute atomic E-state index is 12.4. The van der Waals surface area contributed by atoms with Crippen LogP contribution in [0.2, 0.25) is 0 Å². The number of fused-ring (bicyclic) bond motifs is 1. The Morgan fingerprint density at radius 3 is 1.84 bits per heavy atom. The van der Waals surface area contributed by atoms with Gasteiger partial charge in [-0.25, -0.2) is 4.79 Å². The van der Waals surface area contributed by atoms with E-state index in [-0.39, 0.29) is 5.97 Å². The average molecular weight is 491 g/mol. The van der Waals surface area contributed by atoms with Crippen LogP contribution in [-0.2, 0) is 10.3 Å². The number of benzene rings is 4. The quantitative estimate of drug-likeness (QED) is 0.150. The van der Waals surface area contributed by atoms with Crippen molar-refractivity contribution in [2.45, 2.75) is 31.2 Å². The van der Waals surface area contributed by atoms with E-state index in [1.807, 2.05) is 42.5 Å². The number of aromatic nitrogens is 3. The maximum atomic E-state index is 12.4. The highest BCUT2D eigenvalue weighted by Crippen LogP contribution is 2.36. The molecule has 0 aliphatic carbocycles. The van der Waals surface area contributed by atoms with Gasteiger partial charge in [-0.1, -0.05) is 114 Å². The molecule has 6 heteroatoms. The second-order valence-electron chi connectivity index (χ2n) is 9.00. The molecule has 0 saturated heterocycles. The van der Waals surface area contributed by atoms with Crippen LogP contribution in [0.4, 0.5) is 0 Å². The van der Waals surface area contributed by atoms with E-state index in [4.69, 9.17) is 4.84 Å². The number of carbonyl (C=O) groups is 1. The number of hydrogen-bond acceptors (Lipinski definition) is 5. The molecule has 0 atom stereocenters. The van der Waals surface area contributed by atoms with Crippen molar-refractivity contribution < 1.29 is 9.63 Å². The molecule has 5 aromatic rings. The van der Waals surface area contributed by atoms with Crippen molar-refractivity contribution in [3.8, 4) is 0 Å². The van der Waals surface area contributed by atoms with Crippen LogP contribution < -0.4 is 10.2 Å². The van der Waals surface area contributed by atoms with Gasteiger partial charge in [-0.2, -0.15) is 0 Å². The van der Waals surface area contributed by atoms with Crippen molar-refractivity contribution in [2.24, 2.45) is 0 Å². The third kappa shape index (κ3) is 5.44. The topological polar surface area (TPSA) is 69.0 Å². The van der Waals surface area contributed by atoms with Crippen molar-refractivity contribution >= 4 is 17.0 Å². The largest absolute Gasteiger partial charge is 0.335 e. The number of nitrogens with one attached hydrogen (secondary N) is 1. The van der Waals surface area contributed by atoms with E-state index < -0.39 is 5.54 Å². The summed E-state index contributed by atoms with van der Waals surface area (Å²) in [4.78, 5) is 19.0. The predicted molar refractivity (Wildman–Crippen MR) is 145 cm³/mol. The van der Waals surface area contributed by atoms with Crippen LogP contribution in [0.5, 0.6) is 0 Å². The lowest BCUT2D eigenvalue weighted by Gasteiger charge is -2.37. The molecule has 0 amide bonds. The minimum Gasteiger partial charge on any atom is -0.317 e. The molecule has 186 valence electrons. The zero-order chi connectivity index (χ0) is 25.3. The molecule has 0 radical (unpaired) electrons. The molecule has 0 aliphatic rings. The van der Waals surface area contributed by atoms with Crippen molar-refractivity contribution in [1.29, 1.82) is 0 Å². The molecule has 1 heterocycles. The number of carbonyl (C=O) groups excluding carboxylic acids is 1. The van der Waals surface area contributed by atoms with Gasteiger partial charge in [0, 0.05) is 6.42 Å². The van der Waals surface area contributed by atoms with Crippen molar-refractivity contribution in [2.75, 3.05) is 6.54 Å². The van der Waals surface area contributed by atoms with Gasteiger partial charge in [-0.15, -0.1) is 5.10 Å². The molecule has 1 aromatic heterocycles. The molecule has 0 spiro atoms. The van der Waals surface area contributed by atoms with Gasteiger partial charge < -0.3 is 4.84 Å². The summed E-state index contributed by atoms with van der Waals surface area (Å²) >= 11 is 0. The third-order valence-electron chi connectivity index (χ3n) is 6.58. The Morgan fingerprint density at radius 1 is 0.703 bits per heavy atom. The fraction of sp³-hybridized carbons (Fsp3) is 0.194. The van der Waals surface area contributed by atoms with E-state index in [2.05, 4.69) is 88.4 Å². The first kappa shape index (κ1) is 24.4. The first-order valence-corrected chi connectivity index (χ1v) is 12.7. The molecule has 6 nitrogen and oxygen atoms in total. The Kier molecular flexibility index (Phi) is 7.67. The molecule has 1 N–H and O–H groups in total. The van der Waals surface area contributed by atoms with E-state index in [1.54, 1.807) is 0 Å². The zero-order valence-corrected chi connectivity index (χ0v) is 20.7. The van der Waals surface area contributed by atoms with Crippen molar-refractivity contribution in [3.63, 3.8) is 0 Å². The highest BCUT2D eigenvalue weighted by molar-refractivity contribution is 5.75. The summed E-state index contributed by atoms with van der Waals surface area (Å²) in [5.41, 5.74) is 4.47. The van der Waals surface area contributed by atoms with Gasteiger partial charge in [0.15, 0.2) is 0 Å². The van der Waals surface area contributed by atoms with E-state index in [0.717, 1.165) is 25.8 Å². The Morgan fingerprint density at radius 2 is 1.24 bits per heavy atom. The fourth-order valence-electron chi connectivity index (χ4n) is 4.77. The third-order valence-corrected chi connectivity index (χ3v) is 6.58. The summed E-state index contributed by atoms with van der Waals surface area (Å²) in [6.07, 6.45) is 2.89. The second kappa shape index (κ2) is 11.6. The van der Waals surface area contributed by atoms with Crippen molar-refractivity contribution in [3.05, 3.63) is 132 Å². The summed E-state index contributed by atoms with van der Waals surface area (Å²) in [5, 5.41) is 11.8. The van der Waals surface area contributed by atoms with Crippen LogP contribution in [0.25, 0.3) is 11.0 Å². The standard InChI is InChI=1S/C31H30N4O2/c36-30(37-35-29-22-13-12-21-28(29)33-34-35)23-11-4-14-24-32-31(25-15-5-1-6-16-25,26-17-7-2-8-18-26)27-19-9-3-10-20-27/h1-3,5-10,12-13,15-22,32H,4,11,14,23-24H2. The van der Waals surface area contributed by atoms with Gasteiger partial charge in [0.1, 0.15) is 11.0 Å². The van der Waals surface area contributed by atoms with Crippen LogP contribution in [0, 0.1) is 0 Å². The first-order chi connectivity index (χ1) is 18.3. The molecule has 0 bridgehead atoms. The lowest BCUT2D eigenvalue weighted by molar-refractivity contribution is -0.145. The molecular formula is C31H30N4O2. The number of unbranched alkanes of at least 4 members (excludes halogenated alkanes) is 2. The molecule has 0 saturated carbocycles. The van der Waals surface area contributed by atoms with Crippen molar-refractivity contribution in [1.82, 2.24) is 20.5 Å². The van der Waals surface area contributed by atoms with Gasteiger partial charge in [0.25, 0.3) is 0 Å². The molecule has 5 rings (SSSR count). The normalized spacial score (nSPS) is 11.5. The van der Waals surface area contributed by atoms with E-state index >= 15 is 0 Å². The van der Waals surface area contributed by atoms with Gasteiger partial charge in [-0.05, 0) is 53.4 Å². The average Bonchev–Trinajstić information content (AvgIpc) is 3.37. The van der Waals surface area contributed by atoms with Crippen LogP contribution in [0.15, 0.2) is 115 Å². The second-order valence-corrected chi connectivity index (χ2v) is 9.00. The highest BCUT2D eigenvalue weighted by Gasteiger charge is 2.35. The monoisotopic (exact) mass is 490 g/mol. The Labute approximate surface area is 216 Å². The summed E-state index contributed by atoms with van der Waals surface area (Å²) in [6.45, 7) is 0.793. The molecule has 4 aromatic carbocycles. The Balaban J connectivity index is 1.23. The zero-order valence-electron chi connectivity index (χ0n) is 20.7. The summed E-state index contributed by atoms with van der Waals surface area (Å²) in [5.74, 6) is -0.309. The van der Waals surface area contributed by atoms with Crippen LogP contribution in [0.1, 0.15) is 42.4 Å². The number of para-hydroxylation sites is 1. The summed E-state index contributed by atoms with van der Waals surface area (Å²) in [6, 6.07) is 39.1. The lowest BCUT2D eigenvalue weighted by atomic mass is 9.77. The predicted octanol–water partition coefficient (Wildman–Crippen LogP) is 5.53. The maximum Gasteiger partial charge on any atom is 0.335 e. The van der Waals surface area contributed by atoms with E-state index in [1.165, 1.54) is 21.5 Å². The smallest absolute Gasteiger partial charge is 0.317 e. The highest BCUT2D eigenvalue weighted by atomic mass is 16.7. The van der Waals surface area contributed by atoms with Gasteiger partial charge in [-0.3, -0.25) is 5.32 Å². The molecule has 0 unspecified atom stereocenters. The number of hydrogen-bond donors (Lipinski definition) is 1. The van der Waals surface area contributed by atoms with Gasteiger partial charge in [0.05, 0.1) is 5.54 Å². The lowest BCUT2D eigenvalue weighted by Crippen LogP contribution is -2.45. The fourth-order valence-corrected chi connectivity index (χ4v) is 4.77. The Hall–Kier alpha value is -4.29. The first-order valence-electron chi connectivity index (χ1n) is 12.7. The number of rotatable bonds is 11. The van der Waals surface area contributed by atoms with Crippen LogP contribution in [-0.4, -0.2) is 27.7 Å². The SMILES string of the molecule is O=C(CCCCCNC(c1ccccc1)(c1ccccc1)c1ccccc1)On1nnc2ccccc21. The molecule has 37 heavy (non-hydrogen) atoms. The van der Waals surface area contributed by atoms with Crippen LogP contribution >= 0.6 is 0 Å². The minimum atomic E-state index is -0.475. The van der Waals surface area contributed by atoms with E-state index in [0.29, 0.717) is 17.5 Å². The van der Waals surface area contributed by atoms with Gasteiger partial charge >= 0.3 is 5.97 Å². The molecule has 0 fully saturated rings. The summed E-state index contributed by atoms with van der Waals surface area (Å²) < 4.78 is 0. The molecule has 0 aliphatic heterocycles. The Bertz CT molecular complexity index is 1320. The molecular weight excluding hydrogens is 460 g/mol. The summed E-state index contributed by atoms with van der Waals surface area (Å²) in [7, 11) is 0. The minimum absolute atomic E-state index is 0.309. The van der Waals surface area contributed by atoms with Crippen LogP contribution in [0.3, 0.4) is 0 Å².